The third-order valence-electron chi connectivity index (χ3n) is 8.27. The fourth-order valence-electron chi connectivity index (χ4n) is 5.80. The zero-order chi connectivity index (χ0) is 24.9. The van der Waals surface area contributed by atoms with E-state index in [1.165, 1.54) is 6.33 Å². The monoisotopic (exact) mass is 507 g/mol. The normalized spacial score (nSPS) is 28.9. The van der Waals surface area contributed by atoms with E-state index in [9.17, 15) is 9.90 Å². The van der Waals surface area contributed by atoms with E-state index in [1.807, 2.05) is 12.1 Å². The number of amides is 1. The van der Waals surface area contributed by atoms with Gasteiger partial charge in [-0.3, -0.25) is 9.69 Å². The molecule has 3 fully saturated rings. The Morgan fingerprint density at radius 2 is 1.94 bits per heavy atom. The molecule has 2 saturated heterocycles. The number of ether oxygens (including phenoxy) is 1. The molecule has 0 radical (unpaired) electrons. The zero-order valence-corrected chi connectivity index (χ0v) is 21.0. The van der Waals surface area contributed by atoms with Crippen LogP contribution in [0, 0.1) is 5.92 Å². The van der Waals surface area contributed by atoms with Gasteiger partial charge < -0.3 is 15.2 Å². The maximum absolute atomic E-state index is 12.8. The standard InChI is InChI=1S/C27H30ClN5O3/c1-27(14-36-13-24(27)34)33-4-2-16(3-5-33)21-6-17-8-25(31-12-18(17)7-23(21)28)32-26(35)22-9-20(22)19-10-29-15-30-11-19/h6-8,10-12,15-16,20,22,24,34H,2-5,9,13-14H2,1H3,(H,31,32,35)/t20-,22+,24-,27+/m1/s1. The molecule has 3 aromatic rings. The Labute approximate surface area is 215 Å². The fourth-order valence-corrected chi connectivity index (χ4v) is 6.12. The van der Waals surface area contributed by atoms with Crippen LogP contribution in [0.1, 0.15) is 49.1 Å². The minimum atomic E-state index is -0.452. The van der Waals surface area contributed by atoms with Crippen molar-refractivity contribution in [3.63, 3.8) is 0 Å². The Balaban J connectivity index is 1.15. The first-order chi connectivity index (χ1) is 17.4. The summed E-state index contributed by atoms with van der Waals surface area (Å²) < 4.78 is 5.54. The van der Waals surface area contributed by atoms with Crippen LogP contribution in [0.5, 0.6) is 0 Å². The van der Waals surface area contributed by atoms with E-state index in [-0.39, 0.29) is 23.3 Å². The van der Waals surface area contributed by atoms with Gasteiger partial charge in [0.05, 0.1) is 24.9 Å². The number of rotatable bonds is 5. The zero-order valence-electron chi connectivity index (χ0n) is 20.2. The van der Waals surface area contributed by atoms with Crippen molar-refractivity contribution >= 4 is 34.1 Å². The summed E-state index contributed by atoms with van der Waals surface area (Å²) >= 11 is 6.72. The molecule has 9 heteroatoms. The lowest BCUT2D eigenvalue weighted by Gasteiger charge is -2.43. The Kier molecular flexibility index (Phi) is 6.16. The number of aromatic nitrogens is 3. The first kappa shape index (κ1) is 23.7. The van der Waals surface area contributed by atoms with Gasteiger partial charge in [-0.25, -0.2) is 15.0 Å². The summed E-state index contributed by atoms with van der Waals surface area (Å²) in [4.78, 5) is 27.7. The smallest absolute Gasteiger partial charge is 0.229 e. The molecule has 2 aromatic heterocycles. The number of pyridine rings is 1. The van der Waals surface area contributed by atoms with Crippen molar-refractivity contribution in [2.75, 3.05) is 31.6 Å². The minimum absolute atomic E-state index is 0.0242. The van der Waals surface area contributed by atoms with Crippen LogP contribution in [0.4, 0.5) is 5.82 Å². The summed E-state index contributed by atoms with van der Waals surface area (Å²) in [6.45, 7) is 4.85. The number of anilines is 1. The lowest BCUT2D eigenvalue weighted by atomic mass is 9.85. The average Bonchev–Trinajstić information content (AvgIpc) is 3.63. The maximum Gasteiger partial charge on any atom is 0.229 e. The van der Waals surface area contributed by atoms with Crippen molar-refractivity contribution in [2.45, 2.75) is 49.7 Å². The third-order valence-corrected chi connectivity index (χ3v) is 8.60. The van der Waals surface area contributed by atoms with Gasteiger partial charge in [-0.15, -0.1) is 0 Å². The summed E-state index contributed by atoms with van der Waals surface area (Å²) in [6, 6.07) is 6.05. The quantitative estimate of drug-likeness (QED) is 0.542. The largest absolute Gasteiger partial charge is 0.389 e. The molecule has 188 valence electrons. The van der Waals surface area contributed by atoms with E-state index < -0.39 is 6.10 Å². The van der Waals surface area contributed by atoms with Crippen LogP contribution in [0.3, 0.4) is 0 Å². The van der Waals surface area contributed by atoms with E-state index in [4.69, 9.17) is 16.3 Å². The van der Waals surface area contributed by atoms with Gasteiger partial charge in [0.1, 0.15) is 12.1 Å². The molecule has 2 aliphatic heterocycles. The number of hydrogen-bond acceptors (Lipinski definition) is 7. The molecule has 8 nitrogen and oxygen atoms in total. The highest BCUT2D eigenvalue weighted by atomic mass is 35.5. The number of halogens is 1. The molecule has 3 aliphatic rings. The predicted octanol–water partition coefficient (Wildman–Crippen LogP) is 3.75. The van der Waals surface area contributed by atoms with Gasteiger partial charge in [0.25, 0.3) is 0 Å². The number of fused-ring (bicyclic) bond motifs is 1. The van der Waals surface area contributed by atoms with Crippen molar-refractivity contribution < 1.29 is 14.6 Å². The number of carbonyl (C=O) groups is 1. The summed E-state index contributed by atoms with van der Waals surface area (Å²) in [7, 11) is 0. The fraction of sp³-hybridized carbons (Fsp3) is 0.481. The molecule has 1 aliphatic carbocycles. The number of aliphatic hydroxyl groups excluding tert-OH is 1. The highest BCUT2D eigenvalue weighted by molar-refractivity contribution is 6.32. The maximum atomic E-state index is 12.8. The SMILES string of the molecule is C[C@]1(N2CCC(c3cc4cc(NC(=O)[C@H]5C[C@@H]5c5cncnc5)ncc4cc3Cl)CC2)COC[C@H]1O. The number of benzene rings is 1. The summed E-state index contributed by atoms with van der Waals surface area (Å²) in [6.07, 6.45) is 9.10. The molecule has 4 heterocycles. The number of nitrogens with zero attached hydrogens (tertiary/aromatic N) is 4. The molecule has 0 unspecified atom stereocenters. The van der Waals surface area contributed by atoms with Crippen LogP contribution in [-0.4, -0.2) is 68.8 Å². The van der Waals surface area contributed by atoms with Gasteiger partial charge in [-0.05, 0) is 85.8 Å². The van der Waals surface area contributed by atoms with Crippen molar-refractivity contribution in [3.8, 4) is 0 Å². The molecule has 0 spiro atoms. The van der Waals surface area contributed by atoms with Gasteiger partial charge in [-0.2, -0.15) is 0 Å². The summed E-state index contributed by atoms with van der Waals surface area (Å²) in [5.74, 6) is 0.956. The van der Waals surface area contributed by atoms with Gasteiger partial charge in [-0.1, -0.05) is 11.6 Å². The summed E-state index contributed by atoms with van der Waals surface area (Å²) in [5.41, 5.74) is 1.82. The Hall–Kier alpha value is -2.65. The summed E-state index contributed by atoms with van der Waals surface area (Å²) in [5, 5.41) is 16.1. The molecular formula is C27H30ClN5O3. The predicted molar refractivity (Wildman–Crippen MR) is 137 cm³/mol. The van der Waals surface area contributed by atoms with Crippen molar-refractivity contribution in [2.24, 2.45) is 5.92 Å². The van der Waals surface area contributed by atoms with Crippen molar-refractivity contribution in [3.05, 3.63) is 59.3 Å². The lowest BCUT2D eigenvalue weighted by Crippen LogP contribution is -2.56. The second-order valence-corrected chi connectivity index (χ2v) is 11.0. The van der Waals surface area contributed by atoms with Crippen LogP contribution in [-0.2, 0) is 9.53 Å². The molecule has 1 saturated carbocycles. The van der Waals surface area contributed by atoms with Crippen LogP contribution in [0.15, 0.2) is 43.1 Å². The van der Waals surface area contributed by atoms with E-state index in [0.29, 0.717) is 24.9 Å². The first-order valence-corrected chi connectivity index (χ1v) is 13.0. The Morgan fingerprint density at radius 1 is 1.17 bits per heavy atom. The molecule has 36 heavy (non-hydrogen) atoms. The number of carbonyl (C=O) groups excluding carboxylic acids is 1. The molecule has 6 rings (SSSR count). The molecule has 4 atom stereocenters. The highest BCUT2D eigenvalue weighted by Gasteiger charge is 2.45. The Morgan fingerprint density at radius 3 is 2.67 bits per heavy atom. The second kappa shape index (κ2) is 9.34. The van der Waals surface area contributed by atoms with Crippen molar-refractivity contribution in [1.29, 1.82) is 0 Å². The van der Waals surface area contributed by atoms with Crippen LogP contribution in [0.25, 0.3) is 10.8 Å². The highest BCUT2D eigenvalue weighted by Crippen LogP contribution is 2.47. The molecule has 1 aromatic carbocycles. The minimum Gasteiger partial charge on any atom is -0.389 e. The molecule has 1 amide bonds. The molecule has 0 bridgehead atoms. The molecule has 2 N–H and O–H groups in total. The average molecular weight is 508 g/mol. The Bertz CT molecular complexity index is 1280. The van der Waals surface area contributed by atoms with E-state index in [1.54, 1.807) is 18.6 Å². The van der Waals surface area contributed by atoms with Gasteiger partial charge in [0.2, 0.25) is 5.91 Å². The third kappa shape index (κ3) is 4.36. The first-order valence-electron chi connectivity index (χ1n) is 12.6. The van der Waals surface area contributed by atoms with E-state index in [2.05, 4.69) is 38.2 Å². The van der Waals surface area contributed by atoms with Gasteiger partial charge >= 0.3 is 0 Å². The lowest BCUT2D eigenvalue weighted by molar-refractivity contribution is -0.117. The van der Waals surface area contributed by atoms with Crippen LogP contribution < -0.4 is 5.32 Å². The topological polar surface area (TPSA) is 100 Å². The van der Waals surface area contributed by atoms with Crippen LogP contribution in [0.2, 0.25) is 5.02 Å². The van der Waals surface area contributed by atoms with E-state index in [0.717, 1.165) is 59.3 Å². The number of piperidine rings is 1. The number of likely N-dealkylation sites (tertiary alicyclic amines) is 1. The number of hydrogen-bond donors (Lipinski definition) is 2. The van der Waals surface area contributed by atoms with E-state index >= 15 is 0 Å². The second-order valence-electron chi connectivity index (χ2n) is 10.5. The van der Waals surface area contributed by atoms with Crippen molar-refractivity contribution in [1.82, 2.24) is 19.9 Å². The van der Waals surface area contributed by atoms with Gasteiger partial charge in [0, 0.05) is 34.9 Å². The van der Waals surface area contributed by atoms with Crippen LogP contribution >= 0.6 is 11.6 Å². The van der Waals surface area contributed by atoms with Gasteiger partial charge in [0.15, 0.2) is 0 Å². The molecular weight excluding hydrogens is 478 g/mol. The number of aliphatic hydroxyl groups is 1. The number of nitrogens with one attached hydrogen (secondary N) is 1.